The minimum absolute atomic E-state index is 0.287. The monoisotopic (exact) mass is 429 g/mol. The van der Waals surface area contributed by atoms with Crippen molar-refractivity contribution in [1.29, 1.82) is 0 Å². The smallest absolute Gasteiger partial charge is 0.181 e. The van der Waals surface area contributed by atoms with Crippen LogP contribution < -0.4 is 0 Å². The second-order valence-corrected chi connectivity index (χ2v) is 8.82. The van der Waals surface area contributed by atoms with Crippen molar-refractivity contribution in [2.45, 2.75) is 57.6 Å². The normalized spacial score (nSPS) is 19.8. The summed E-state index contributed by atoms with van der Waals surface area (Å²) in [6.45, 7) is 6.01. The molecule has 7 heteroatoms. The maximum atomic E-state index is 5.55. The first kappa shape index (κ1) is 17.4. The van der Waals surface area contributed by atoms with Crippen molar-refractivity contribution in [3.63, 3.8) is 0 Å². The van der Waals surface area contributed by atoms with Gasteiger partial charge in [-0.05, 0) is 47.2 Å². The van der Waals surface area contributed by atoms with Gasteiger partial charge in [0.1, 0.15) is 10.4 Å². The zero-order valence-electron chi connectivity index (χ0n) is 15.9. The van der Waals surface area contributed by atoms with E-state index >= 15 is 0 Å². The van der Waals surface area contributed by atoms with Crippen LogP contribution in [0.3, 0.4) is 0 Å². The summed E-state index contributed by atoms with van der Waals surface area (Å²) >= 11 is 3.68. The number of hydrogen-bond donors (Lipinski definition) is 0. The number of ether oxygens (including phenoxy) is 1. The molecule has 3 aromatic heterocycles. The van der Waals surface area contributed by atoms with Gasteiger partial charge < -0.3 is 9.30 Å². The van der Waals surface area contributed by atoms with Gasteiger partial charge in [-0.3, -0.25) is 4.68 Å². The lowest BCUT2D eigenvalue weighted by Crippen LogP contribution is -2.31. The molecule has 1 saturated carbocycles. The highest BCUT2D eigenvalue weighted by Crippen LogP contribution is 2.45. The molecule has 2 fully saturated rings. The molecule has 1 unspecified atom stereocenters. The zero-order chi connectivity index (χ0) is 18.7. The van der Waals surface area contributed by atoms with E-state index in [4.69, 9.17) is 14.7 Å². The highest BCUT2D eigenvalue weighted by atomic mass is 79.9. The van der Waals surface area contributed by atoms with Crippen LogP contribution in [0.1, 0.15) is 56.3 Å². The number of hydrogen-bond acceptors (Lipinski definition) is 4. The minimum Gasteiger partial charge on any atom is -0.376 e. The van der Waals surface area contributed by atoms with Crippen molar-refractivity contribution in [1.82, 2.24) is 24.3 Å². The van der Waals surface area contributed by atoms with E-state index in [1.807, 2.05) is 4.68 Å². The lowest BCUT2D eigenvalue weighted by atomic mass is 10.0. The van der Waals surface area contributed by atoms with Gasteiger partial charge in [-0.2, -0.15) is 5.10 Å². The van der Waals surface area contributed by atoms with Crippen molar-refractivity contribution in [2.24, 2.45) is 7.05 Å². The lowest BCUT2D eigenvalue weighted by molar-refractivity contribution is -0.0608. The van der Waals surface area contributed by atoms with Crippen molar-refractivity contribution in [3.05, 3.63) is 28.3 Å². The summed E-state index contributed by atoms with van der Waals surface area (Å²) < 4.78 is 10.7. The maximum Gasteiger partial charge on any atom is 0.181 e. The Bertz CT molecular complexity index is 1010. The molecule has 1 saturated heterocycles. The molecule has 0 N–H and O–H groups in total. The number of halogens is 1. The largest absolute Gasteiger partial charge is 0.376 e. The highest BCUT2D eigenvalue weighted by Gasteiger charge is 2.31. The molecule has 1 atom stereocenters. The molecular formula is C20H24BrN5O. The molecule has 0 bridgehead atoms. The Morgan fingerprint density at radius 2 is 2.04 bits per heavy atom. The Kier molecular flexibility index (Phi) is 4.13. The fraction of sp³-hybridized carbons (Fsp3) is 0.550. The first-order valence-electron chi connectivity index (χ1n) is 9.73. The van der Waals surface area contributed by atoms with Crippen molar-refractivity contribution >= 4 is 27.0 Å². The van der Waals surface area contributed by atoms with E-state index in [2.05, 4.69) is 58.8 Å². The van der Waals surface area contributed by atoms with Crippen LogP contribution in [0.4, 0.5) is 0 Å². The van der Waals surface area contributed by atoms with E-state index in [-0.39, 0.29) is 6.10 Å². The third-order valence-corrected chi connectivity index (χ3v) is 6.19. The summed E-state index contributed by atoms with van der Waals surface area (Å²) in [5.74, 6) is 1.91. The van der Waals surface area contributed by atoms with Gasteiger partial charge in [-0.15, -0.1) is 0 Å². The van der Waals surface area contributed by atoms with Gasteiger partial charge in [0.15, 0.2) is 5.65 Å². The van der Waals surface area contributed by atoms with Gasteiger partial charge in [-0.1, -0.05) is 13.8 Å². The number of fused-ring (bicyclic) bond motifs is 1. The van der Waals surface area contributed by atoms with Crippen molar-refractivity contribution in [2.75, 3.05) is 6.61 Å². The van der Waals surface area contributed by atoms with Crippen LogP contribution in [0.2, 0.25) is 0 Å². The van der Waals surface area contributed by atoms with Gasteiger partial charge in [0, 0.05) is 36.7 Å². The molecule has 4 heterocycles. The van der Waals surface area contributed by atoms with Gasteiger partial charge >= 0.3 is 0 Å². The molecule has 3 aromatic rings. The minimum atomic E-state index is 0.287. The van der Waals surface area contributed by atoms with E-state index in [1.165, 1.54) is 18.5 Å². The first-order chi connectivity index (χ1) is 13.0. The standard InChI is InChI=1S/C20H24BrN5O/c1-11(2)16-15(20-23-18(21)17(25(20)3)12-4-5-12)8-13-9-26(24-19(13)22-16)10-14-6-7-27-14/h8-9,11-12,14H,4-7,10H2,1-3H3. The number of pyridine rings is 1. The summed E-state index contributed by atoms with van der Waals surface area (Å²) in [6.07, 6.45) is 5.98. The second kappa shape index (κ2) is 6.41. The second-order valence-electron chi connectivity index (χ2n) is 8.07. The SMILES string of the molecule is CC(C)c1nc2nn(CC3CCO3)cc2cc1-c1nc(Br)c(C2CC2)n1C. The number of rotatable bonds is 5. The van der Waals surface area contributed by atoms with Crippen LogP contribution in [-0.2, 0) is 18.3 Å². The molecule has 142 valence electrons. The van der Waals surface area contributed by atoms with Crippen LogP contribution in [0.25, 0.3) is 22.4 Å². The van der Waals surface area contributed by atoms with Gasteiger partial charge in [0.2, 0.25) is 0 Å². The van der Waals surface area contributed by atoms with Crippen LogP contribution in [0, 0.1) is 0 Å². The van der Waals surface area contributed by atoms with E-state index in [1.54, 1.807) is 0 Å². The maximum absolute atomic E-state index is 5.55. The summed E-state index contributed by atoms with van der Waals surface area (Å²) in [6, 6.07) is 2.20. The molecule has 5 rings (SSSR count). The molecule has 27 heavy (non-hydrogen) atoms. The Morgan fingerprint density at radius 1 is 1.26 bits per heavy atom. The first-order valence-corrected chi connectivity index (χ1v) is 10.5. The van der Waals surface area contributed by atoms with Gasteiger partial charge in [0.05, 0.1) is 24.0 Å². The Hall–Kier alpha value is -1.73. The molecule has 6 nitrogen and oxygen atoms in total. The molecule has 1 aliphatic heterocycles. The third kappa shape index (κ3) is 3.01. The topological polar surface area (TPSA) is 57.8 Å². The summed E-state index contributed by atoms with van der Waals surface area (Å²) in [7, 11) is 2.12. The third-order valence-electron chi connectivity index (χ3n) is 5.60. The van der Waals surface area contributed by atoms with Gasteiger partial charge in [0.25, 0.3) is 0 Å². The van der Waals surface area contributed by atoms with Gasteiger partial charge in [-0.25, -0.2) is 9.97 Å². The van der Waals surface area contributed by atoms with E-state index in [0.29, 0.717) is 11.8 Å². The van der Waals surface area contributed by atoms with Crippen molar-refractivity contribution in [3.8, 4) is 11.4 Å². The van der Waals surface area contributed by atoms with Crippen LogP contribution >= 0.6 is 15.9 Å². The summed E-state index contributed by atoms with van der Waals surface area (Å²) in [4.78, 5) is 9.78. The fourth-order valence-corrected chi connectivity index (χ4v) is 4.64. The van der Waals surface area contributed by atoms with E-state index < -0.39 is 0 Å². The Labute approximate surface area is 167 Å². The molecule has 0 amide bonds. The predicted molar refractivity (Wildman–Crippen MR) is 108 cm³/mol. The van der Waals surface area contributed by atoms with Crippen LogP contribution in [-0.4, -0.2) is 37.0 Å². The zero-order valence-corrected chi connectivity index (χ0v) is 17.5. The summed E-state index contributed by atoms with van der Waals surface area (Å²) in [5.41, 5.74) is 4.26. The quantitative estimate of drug-likeness (QED) is 0.603. The van der Waals surface area contributed by atoms with E-state index in [0.717, 1.165) is 52.3 Å². The van der Waals surface area contributed by atoms with Crippen LogP contribution in [0.5, 0.6) is 0 Å². The number of nitrogens with zero attached hydrogens (tertiary/aromatic N) is 5. The molecule has 0 aromatic carbocycles. The Morgan fingerprint density at radius 3 is 2.67 bits per heavy atom. The average molecular weight is 430 g/mol. The number of aromatic nitrogens is 5. The molecule has 0 spiro atoms. The molecule has 2 aliphatic rings. The fourth-order valence-electron chi connectivity index (χ4n) is 3.89. The van der Waals surface area contributed by atoms with E-state index in [9.17, 15) is 0 Å². The highest BCUT2D eigenvalue weighted by molar-refractivity contribution is 9.10. The number of imidazole rings is 1. The van der Waals surface area contributed by atoms with Crippen LogP contribution in [0.15, 0.2) is 16.9 Å². The predicted octanol–water partition coefficient (Wildman–Crippen LogP) is 4.38. The molecule has 1 aliphatic carbocycles. The lowest BCUT2D eigenvalue weighted by Gasteiger charge is -2.25. The Balaban J connectivity index is 1.61. The average Bonchev–Trinajstić information content (AvgIpc) is 3.26. The molecule has 0 radical (unpaired) electrons. The summed E-state index contributed by atoms with van der Waals surface area (Å²) in [5, 5.41) is 5.74. The van der Waals surface area contributed by atoms with Crippen molar-refractivity contribution < 1.29 is 4.74 Å². The molecular weight excluding hydrogens is 406 g/mol.